The van der Waals surface area contributed by atoms with Gasteiger partial charge in [0.05, 0.1) is 6.04 Å². The first-order chi connectivity index (χ1) is 9.04. The van der Waals surface area contributed by atoms with Crippen LogP contribution in [0.25, 0.3) is 0 Å². The summed E-state index contributed by atoms with van der Waals surface area (Å²) in [5, 5.41) is 13.3. The Hall–Kier alpha value is -1.61. The number of rotatable bonds is 8. The first kappa shape index (κ1) is 15.4. The predicted molar refractivity (Wildman–Crippen MR) is 71.7 cm³/mol. The molecule has 0 aromatic carbocycles. The van der Waals surface area contributed by atoms with Gasteiger partial charge in [-0.2, -0.15) is 12.6 Å². The number of hydrogen-bond acceptors (Lipinski definition) is 5. The molecule has 0 spiro atoms. The number of carbonyl (C=O) groups excluding carboxylic acids is 1. The Morgan fingerprint density at radius 3 is 3.05 bits per heavy atom. The number of nitrogens with zero attached hydrogens (tertiary/aromatic N) is 3. The van der Waals surface area contributed by atoms with Crippen LogP contribution in [0, 0.1) is 10.1 Å². The van der Waals surface area contributed by atoms with Crippen LogP contribution in [0.4, 0.5) is 5.95 Å². The van der Waals surface area contributed by atoms with E-state index in [-0.39, 0.29) is 24.4 Å². The van der Waals surface area contributed by atoms with Crippen LogP contribution in [0.5, 0.6) is 0 Å². The van der Waals surface area contributed by atoms with Crippen molar-refractivity contribution in [3.63, 3.8) is 0 Å². The van der Waals surface area contributed by atoms with E-state index in [1.54, 1.807) is 0 Å². The van der Waals surface area contributed by atoms with Crippen molar-refractivity contribution < 1.29 is 15.5 Å². The molecule has 0 aliphatic heterocycles. The van der Waals surface area contributed by atoms with Gasteiger partial charge >= 0.3 is 5.95 Å². The number of imidazole rings is 1. The van der Waals surface area contributed by atoms with Crippen molar-refractivity contribution in [2.24, 2.45) is 0 Å². The molecule has 9 heteroatoms. The topological polar surface area (TPSA) is 118 Å². The fourth-order valence-electron chi connectivity index (χ4n) is 1.52. The molecule has 1 aromatic heterocycles. The summed E-state index contributed by atoms with van der Waals surface area (Å²) in [7, 11) is 0. The number of hydrogen-bond donors (Lipinski definition) is 3. The Morgan fingerprint density at radius 2 is 2.42 bits per heavy atom. The highest BCUT2D eigenvalue weighted by Crippen LogP contribution is 2.06. The Morgan fingerprint density at radius 1 is 1.68 bits per heavy atom. The highest BCUT2D eigenvalue weighted by atomic mass is 32.1. The van der Waals surface area contributed by atoms with Gasteiger partial charge in [0.2, 0.25) is 0 Å². The van der Waals surface area contributed by atoms with Crippen molar-refractivity contribution in [2.45, 2.75) is 25.4 Å². The molecule has 0 bridgehead atoms. The van der Waals surface area contributed by atoms with E-state index >= 15 is 0 Å². The Bertz CT molecular complexity index is 437. The minimum absolute atomic E-state index is 0.101. The molecule has 1 unspecified atom stereocenters. The maximum atomic E-state index is 11.6. The molecule has 4 N–H and O–H groups in total. The average Bonchev–Trinajstić information content (AvgIpc) is 2.82. The smallest absolute Gasteiger partial charge is 0.390 e. The van der Waals surface area contributed by atoms with Gasteiger partial charge in [-0.1, -0.05) is 4.98 Å². The second kappa shape index (κ2) is 7.74. The van der Waals surface area contributed by atoms with Crippen LogP contribution in [0.2, 0.25) is 0 Å². The number of nitro groups is 1. The van der Waals surface area contributed by atoms with Gasteiger partial charge in [-0.25, -0.2) is 4.57 Å². The summed E-state index contributed by atoms with van der Waals surface area (Å²) in [6, 6.07) is 0.273. The lowest BCUT2D eigenvalue weighted by Gasteiger charge is -2.06. The van der Waals surface area contributed by atoms with E-state index in [9.17, 15) is 14.9 Å². The van der Waals surface area contributed by atoms with Crippen LogP contribution in [0.3, 0.4) is 0 Å². The highest BCUT2D eigenvalue weighted by molar-refractivity contribution is 7.80. The lowest BCUT2D eigenvalue weighted by Crippen LogP contribution is -2.62. The maximum absolute atomic E-state index is 11.6. The Kier molecular flexibility index (Phi) is 6.30. The number of aromatic nitrogens is 2. The number of carbonyl (C=O) groups is 1. The van der Waals surface area contributed by atoms with Crippen LogP contribution in [0.15, 0.2) is 12.4 Å². The molecular weight excluding hydrogens is 270 g/mol. The lowest BCUT2D eigenvalue weighted by molar-refractivity contribution is -0.413. The minimum atomic E-state index is -0.618. The number of thiol groups is 1. The molecule has 0 radical (unpaired) electrons. The molecule has 1 heterocycles. The predicted octanol–water partition coefficient (Wildman–Crippen LogP) is -0.772. The van der Waals surface area contributed by atoms with Gasteiger partial charge in [-0.3, -0.25) is 4.79 Å². The van der Waals surface area contributed by atoms with Crippen molar-refractivity contribution in [3.05, 3.63) is 22.5 Å². The van der Waals surface area contributed by atoms with E-state index in [2.05, 4.69) is 28.7 Å². The van der Waals surface area contributed by atoms with Gasteiger partial charge in [-0.05, 0) is 11.3 Å². The first-order valence-corrected chi connectivity index (χ1v) is 6.54. The van der Waals surface area contributed by atoms with E-state index in [1.807, 2.05) is 0 Å². The molecule has 0 aliphatic carbocycles. The molecule has 1 rings (SSSR count). The summed E-state index contributed by atoms with van der Waals surface area (Å²) in [6.07, 6.45) is 4.40. The van der Waals surface area contributed by atoms with E-state index in [0.717, 1.165) is 18.6 Å². The number of quaternary nitrogens is 1. The summed E-state index contributed by atoms with van der Waals surface area (Å²) in [5.41, 5.74) is 3.89. The quantitative estimate of drug-likeness (QED) is 0.252. The third kappa shape index (κ3) is 5.26. The molecule has 1 amide bonds. The normalized spacial score (nSPS) is 12.1. The Labute approximate surface area is 115 Å². The summed E-state index contributed by atoms with van der Waals surface area (Å²) in [4.78, 5) is 25.1. The fraction of sp³-hybridized carbons (Fsp3) is 0.600. The summed E-state index contributed by atoms with van der Waals surface area (Å²) < 4.78 is 1.20. The van der Waals surface area contributed by atoms with Crippen molar-refractivity contribution in [3.8, 4) is 0 Å². The van der Waals surface area contributed by atoms with Crippen LogP contribution in [-0.4, -0.2) is 38.7 Å². The SMILES string of the molecule is [NH3+]C(CS)CCCNC(=O)Cn1ccnc1[N+](=O)[O-]. The van der Waals surface area contributed by atoms with E-state index in [0.29, 0.717) is 6.54 Å². The van der Waals surface area contributed by atoms with Crippen molar-refractivity contribution >= 4 is 24.5 Å². The molecule has 1 aromatic rings. The maximum Gasteiger partial charge on any atom is 0.435 e. The van der Waals surface area contributed by atoms with Crippen molar-refractivity contribution in [2.75, 3.05) is 12.3 Å². The van der Waals surface area contributed by atoms with Crippen LogP contribution >= 0.6 is 12.6 Å². The molecular formula is C10H18N5O3S+. The lowest BCUT2D eigenvalue weighted by atomic mass is 10.2. The highest BCUT2D eigenvalue weighted by Gasteiger charge is 2.16. The largest absolute Gasteiger partial charge is 0.435 e. The minimum Gasteiger partial charge on any atom is -0.390 e. The first-order valence-electron chi connectivity index (χ1n) is 5.90. The third-order valence-electron chi connectivity index (χ3n) is 2.54. The summed E-state index contributed by atoms with van der Waals surface area (Å²) >= 11 is 4.12. The molecule has 1 atom stereocenters. The molecule has 0 saturated carbocycles. The van der Waals surface area contributed by atoms with Gasteiger partial charge in [-0.15, -0.1) is 0 Å². The monoisotopic (exact) mass is 288 g/mol. The molecule has 19 heavy (non-hydrogen) atoms. The van der Waals surface area contributed by atoms with Gasteiger partial charge in [0.25, 0.3) is 5.91 Å². The van der Waals surface area contributed by atoms with Crippen LogP contribution in [-0.2, 0) is 11.3 Å². The van der Waals surface area contributed by atoms with E-state index in [4.69, 9.17) is 0 Å². The summed E-state index contributed by atoms with van der Waals surface area (Å²) in [6.45, 7) is 0.428. The Balaban J connectivity index is 2.31. The van der Waals surface area contributed by atoms with Crippen molar-refractivity contribution in [1.29, 1.82) is 0 Å². The van der Waals surface area contributed by atoms with Gasteiger partial charge < -0.3 is 21.2 Å². The van der Waals surface area contributed by atoms with Crippen LogP contribution in [0.1, 0.15) is 12.8 Å². The molecule has 0 aliphatic rings. The third-order valence-corrected chi connectivity index (χ3v) is 3.06. The molecule has 0 fully saturated rings. The number of nitrogens with one attached hydrogen (secondary N) is 1. The van der Waals surface area contributed by atoms with Gasteiger partial charge in [0.1, 0.15) is 12.4 Å². The molecule has 8 nitrogen and oxygen atoms in total. The standard InChI is InChI=1S/C10H17N5O3S/c11-8(7-19)2-1-3-12-9(16)6-14-5-4-13-10(14)15(17)18/h4-5,8,19H,1-3,6-7,11H2,(H,12,16)/p+1. The van der Waals surface area contributed by atoms with E-state index in [1.165, 1.54) is 17.0 Å². The van der Waals surface area contributed by atoms with E-state index < -0.39 is 4.92 Å². The summed E-state index contributed by atoms with van der Waals surface area (Å²) in [5.74, 6) is 0.116. The van der Waals surface area contributed by atoms with Crippen molar-refractivity contribution in [1.82, 2.24) is 14.9 Å². The number of amides is 1. The fourth-order valence-corrected chi connectivity index (χ4v) is 1.70. The molecule has 0 saturated heterocycles. The zero-order valence-electron chi connectivity index (χ0n) is 10.5. The zero-order valence-corrected chi connectivity index (χ0v) is 11.4. The zero-order chi connectivity index (χ0) is 14.3. The van der Waals surface area contributed by atoms with Gasteiger partial charge in [0.15, 0.2) is 6.54 Å². The van der Waals surface area contributed by atoms with Crippen LogP contribution < -0.4 is 11.1 Å². The second-order valence-corrected chi connectivity index (χ2v) is 4.52. The average molecular weight is 288 g/mol. The second-order valence-electron chi connectivity index (χ2n) is 4.15. The molecule has 106 valence electrons. The van der Waals surface area contributed by atoms with Gasteiger partial charge in [0, 0.05) is 18.7 Å².